The number of esters is 7. The lowest BCUT2D eigenvalue weighted by Crippen LogP contribution is -2.60. The molecule has 15 nitrogen and oxygen atoms in total. The highest BCUT2D eigenvalue weighted by molar-refractivity contribution is 5.97. The minimum Gasteiger partial charge on any atom is -0.458 e. The summed E-state index contributed by atoms with van der Waals surface area (Å²) in [7, 11) is 0. The van der Waals surface area contributed by atoms with E-state index in [9.17, 15) is 38.4 Å². The number of ketones is 1. The van der Waals surface area contributed by atoms with Crippen LogP contribution in [0.5, 0.6) is 0 Å². The maximum Gasteiger partial charge on any atom is 0.338 e. The van der Waals surface area contributed by atoms with E-state index in [2.05, 4.69) is 0 Å². The highest BCUT2D eigenvalue weighted by atomic mass is 16.6. The molecule has 0 radical (unpaired) electrons. The van der Waals surface area contributed by atoms with E-state index < -0.39 is 107 Å². The van der Waals surface area contributed by atoms with Crippen molar-refractivity contribution in [2.75, 3.05) is 0 Å². The van der Waals surface area contributed by atoms with Gasteiger partial charge in [-0.15, -0.1) is 0 Å². The molecule has 0 bridgehead atoms. The number of carbonyl (C=O) groups is 8. The van der Waals surface area contributed by atoms with Crippen LogP contribution >= 0.6 is 0 Å². The van der Waals surface area contributed by atoms with Crippen LogP contribution in [0.4, 0.5) is 0 Å². The van der Waals surface area contributed by atoms with E-state index >= 15 is 0 Å². The van der Waals surface area contributed by atoms with Gasteiger partial charge in [-0.2, -0.15) is 0 Å². The van der Waals surface area contributed by atoms with Gasteiger partial charge in [0, 0.05) is 64.9 Å². The van der Waals surface area contributed by atoms with Crippen molar-refractivity contribution >= 4 is 47.6 Å². The van der Waals surface area contributed by atoms with Crippen LogP contribution in [-0.2, 0) is 66.7 Å². The number of allylic oxidation sites excluding steroid dienone is 1. The summed E-state index contributed by atoms with van der Waals surface area (Å²) in [6, 6.07) is 7.71. The van der Waals surface area contributed by atoms with Gasteiger partial charge in [-0.1, -0.05) is 51.1 Å². The topological polar surface area (TPSA) is 201 Å². The molecule has 0 N–H and O–H groups in total. The SMILES string of the molecule is CC(=O)OC1C(OC(C)=O)C(C)(C)C=CC(C)C(=O)C2(OC(C)=O)CC(C)(OC(C)=O)C(OC(=O)c3ccccc3)C2=CC(C)(OC(C)=O)C1OC(C)=O. The molecular weight excluding hydrogens is 708 g/mol. The summed E-state index contributed by atoms with van der Waals surface area (Å²) in [5.41, 5.74) is -8.23. The Hall–Kier alpha value is -5.34. The van der Waals surface area contributed by atoms with Gasteiger partial charge in [0.1, 0.15) is 0 Å². The minimum atomic E-state index is -2.39. The number of Topliss-reactive ketones (excluding diaryl/α,β-unsaturated/α-hetero) is 1. The summed E-state index contributed by atoms with van der Waals surface area (Å²) >= 11 is 0. The first kappa shape index (κ1) is 43.1. The van der Waals surface area contributed by atoms with Crippen LogP contribution in [0.2, 0.25) is 0 Å². The van der Waals surface area contributed by atoms with E-state index in [1.165, 1.54) is 45.1 Å². The van der Waals surface area contributed by atoms with Gasteiger partial charge in [0.05, 0.1) is 5.56 Å². The van der Waals surface area contributed by atoms with E-state index in [0.29, 0.717) is 0 Å². The zero-order valence-corrected chi connectivity index (χ0v) is 32.3. The molecule has 0 amide bonds. The van der Waals surface area contributed by atoms with E-state index in [1.54, 1.807) is 32.0 Å². The number of fused-ring (bicyclic) bond motifs is 1. The Balaban J connectivity index is 2.65. The number of ether oxygens (including phenoxy) is 7. The van der Waals surface area contributed by atoms with E-state index in [-0.39, 0.29) is 11.1 Å². The number of benzene rings is 1. The second-order valence-corrected chi connectivity index (χ2v) is 14.5. The van der Waals surface area contributed by atoms with Crippen LogP contribution in [0.15, 0.2) is 54.1 Å². The quantitative estimate of drug-likeness (QED) is 0.208. The first-order chi connectivity index (χ1) is 24.9. The monoisotopic (exact) mass is 756 g/mol. The molecule has 1 aromatic carbocycles. The minimum absolute atomic E-state index is 0.0611. The molecule has 8 unspecified atom stereocenters. The van der Waals surface area contributed by atoms with Crippen molar-refractivity contribution in [2.45, 2.75) is 124 Å². The predicted octanol–water partition coefficient (Wildman–Crippen LogP) is 4.08. The zero-order chi connectivity index (χ0) is 41.0. The summed E-state index contributed by atoms with van der Waals surface area (Å²) in [5.74, 6) is -8.31. The largest absolute Gasteiger partial charge is 0.458 e. The lowest BCUT2D eigenvalue weighted by Gasteiger charge is -2.45. The van der Waals surface area contributed by atoms with Crippen molar-refractivity contribution in [3.63, 3.8) is 0 Å². The molecule has 0 aliphatic heterocycles. The standard InChI is InChI=1S/C39H48O15/c1-21-17-18-36(8,9)33(49-23(3)41)30(48-22(2)40)34(50-24(4)42)37(10,52-25(5)43)19-29-32(51-35(47)28-15-13-12-14-16-28)38(11,53-26(6)44)20-39(29,31(21)46)54-27(7)45/h12-19,21,30,32-34H,20H2,1-11H3. The average Bonchev–Trinajstić information content (AvgIpc) is 3.24. The molecule has 0 heterocycles. The van der Waals surface area contributed by atoms with Gasteiger partial charge in [-0.3, -0.25) is 33.6 Å². The molecule has 2 aliphatic carbocycles. The lowest BCUT2D eigenvalue weighted by molar-refractivity contribution is -0.213. The van der Waals surface area contributed by atoms with Gasteiger partial charge in [0.15, 0.2) is 47.0 Å². The van der Waals surface area contributed by atoms with Crippen molar-refractivity contribution in [3.05, 3.63) is 59.7 Å². The Morgan fingerprint density at radius 2 is 1.17 bits per heavy atom. The summed E-state index contributed by atoms with van der Waals surface area (Å²) < 4.78 is 41.0. The third-order valence-electron chi connectivity index (χ3n) is 9.05. The molecule has 54 heavy (non-hydrogen) atoms. The van der Waals surface area contributed by atoms with Gasteiger partial charge in [0.25, 0.3) is 0 Å². The molecule has 3 rings (SSSR count). The van der Waals surface area contributed by atoms with Crippen molar-refractivity contribution in [3.8, 4) is 0 Å². The Morgan fingerprint density at radius 1 is 0.648 bits per heavy atom. The number of hydrogen-bond donors (Lipinski definition) is 0. The van der Waals surface area contributed by atoms with Crippen LogP contribution in [0, 0.1) is 11.3 Å². The van der Waals surface area contributed by atoms with Gasteiger partial charge >= 0.3 is 41.8 Å². The highest BCUT2D eigenvalue weighted by Crippen LogP contribution is 2.52. The van der Waals surface area contributed by atoms with Crippen molar-refractivity contribution < 1.29 is 71.5 Å². The molecule has 1 aromatic rings. The fourth-order valence-electron chi connectivity index (χ4n) is 7.11. The van der Waals surface area contributed by atoms with Crippen LogP contribution in [0.3, 0.4) is 0 Å². The second-order valence-electron chi connectivity index (χ2n) is 14.5. The predicted molar refractivity (Wildman–Crippen MR) is 187 cm³/mol. The fraction of sp³-hybridized carbons (Fsp3) is 0.538. The van der Waals surface area contributed by atoms with Crippen LogP contribution in [0.25, 0.3) is 0 Å². The summed E-state index contributed by atoms with van der Waals surface area (Å²) in [5, 5.41) is 0. The van der Waals surface area contributed by atoms with Gasteiger partial charge < -0.3 is 33.2 Å². The number of carbonyl (C=O) groups excluding carboxylic acids is 8. The molecule has 0 saturated heterocycles. The first-order valence-electron chi connectivity index (χ1n) is 17.2. The average molecular weight is 757 g/mol. The first-order valence-corrected chi connectivity index (χ1v) is 17.2. The fourth-order valence-corrected chi connectivity index (χ4v) is 7.11. The number of hydrogen-bond acceptors (Lipinski definition) is 15. The molecule has 2 aliphatic rings. The molecule has 1 saturated carbocycles. The van der Waals surface area contributed by atoms with E-state index in [4.69, 9.17) is 33.2 Å². The summed E-state index contributed by atoms with van der Waals surface area (Å²) in [6.07, 6.45) is -3.33. The maximum absolute atomic E-state index is 14.9. The Kier molecular flexibility index (Phi) is 13.0. The highest BCUT2D eigenvalue weighted by Gasteiger charge is 2.67. The zero-order valence-electron chi connectivity index (χ0n) is 32.3. The van der Waals surface area contributed by atoms with E-state index in [1.807, 2.05) is 0 Å². The van der Waals surface area contributed by atoms with Gasteiger partial charge in [-0.05, 0) is 32.1 Å². The summed E-state index contributed by atoms with van der Waals surface area (Å²) in [6.45, 7) is 13.7. The smallest absolute Gasteiger partial charge is 0.338 e. The van der Waals surface area contributed by atoms with Crippen molar-refractivity contribution in [1.82, 2.24) is 0 Å². The molecule has 8 atom stereocenters. The Morgan fingerprint density at radius 3 is 1.67 bits per heavy atom. The second kappa shape index (κ2) is 16.4. The van der Waals surface area contributed by atoms with Gasteiger partial charge in [0.2, 0.25) is 0 Å². The van der Waals surface area contributed by atoms with Crippen molar-refractivity contribution in [2.24, 2.45) is 11.3 Å². The molecule has 0 aromatic heterocycles. The Labute approximate surface area is 313 Å². The summed E-state index contributed by atoms with van der Waals surface area (Å²) in [4.78, 5) is 106. The molecule has 1 fully saturated rings. The molecule has 294 valence electrons. The van der Waals surface area contributed by atoms with E-state index in [0.717, 1.165) is 47.6 Å². The van der Waals surface area contributed by atoms with Crippen molar-refractivity contribution in [1.29, 1.82) is 0 Å². The lowest BCUT2D eigenvalue weighted by atomic mass is 9.74. The number of rotatable bonds is 8. The molecule has 15 heteroatoms. The van der Waals surface area contributed by atoms with Crippen LogP contribution < -0.4 is 0 Å². The van der Waals surface area contributed by atoms with Crippen LogP contribution in [-0.4, -0.2) is 88.8 Å². The molecular formula is C39H48O15. The maximum atomic E-state index is 14.9. The third-order valence-corrected chi connectivity index (χ3v) is 9.05. The third kappa shape index (κ3) is 9.60. The van der Waals surface area contributed by atoms with Gasteiger partial charge in [-0.25, -0.2) is 4.79 Å². The van der Waals surface area contributed by atoms with Crippen LogP contribution in [0.1, 0.15) is 92.9 Å². The normalized spacial score (nSPS) is 30.5. The Bertz CT molecular complexity index is 1740. The molecule has 0 spiro atoms.